The van der Waals surface area contributed by atoms with E-state index >= 15 is 0 Å². The Bertz CT molecular complexity index is 335. The first-order chi connectivity index (χ1) is 7.20. The molecule has 0 radical (unpaired) electrons. The number of rotatable bonds is 1. The molecule has 0 saturated carbocycles. The first kappa shape index (κ1) is 10.7. The average molecular weight is 204 g/mol. The molecule has 15 heavy (non-hydrogen) atoms. The predicted octanol–water partition coefficient (Wildman–Crippen LogP) is 1.96. The quantitative estimate of drug-likeness (QED) is 0.752. The molecule has 1 heterocycles. The number of nitrogens with zero attached hydrogens (tertiary/aromatic N) is 1. The monoisotopic (exact) mass is 204 g/mol. The van der Waals surface area contributed by atoms with Crippen molar-refractivity contribution in [1.82, 2.24) is 10.2 Å². The maximum atomic E-state index is 3.50. The van der Waals surface area contributed by atoms with E-state index in [9.17, 15) is 0 Å². The van der Waals surface area contributed by atoms with Gasteiger partial charge < -0.3 is 5.32 Å². The topological polar surface area (TPSA) is 15.3 Å². The second kappa shape index (κ2) is 4.33. The van der Waals surface area contributed by atoms with Crippen LogP contribution in [-0.2, 0) is 0 Å². The number of aryl methyl sites for hydroxylation is 1. The van der Waals surface area contributed by atoms with Crippen LogP contribution in [0.2, 0.25) is 0 Å². The standard InChI is InChI=1S/C13H20N2/c1-10-6-4-5-7-12(10)13-9-14-8-11(2)15(13)3/h4-7,11,13-14H,8-9H2,1-3H3. The summed E-state index contributed by atoms with van der Waals surface area (Å²) in [4.78, 5) is 2.47. The molecule has 1 aromatic carbocycles. The molecule has 0 amide bonds. The second-order valence-corrected chi connectivity index (χ2v) is 4.55. The van der Waals surface area contributed by atoms with Gasteiger partial charge in [0, 0.05) is 25.2 Å². The number of nitrogens with one attached hydrogen (secondary N) is 1. The van der Waals surface area contributed by atoms with Crippen molar-refractivity contribution in [3.63, 3.8) is 0 Å². The summed E-state index contributed by atoms with van der Waals surface area (Å²) in [5.74, 6) is 0. The molecule has 1 aromatic rings. The molecule has 1 aliphatic rings. The highest BCUT2D eigenvalue weighted by atomic mass is 15.2. The van der Waals surface area contributed by atoms with Gasteiger partial charge in [-0.15, -0.1) is 0 Å². The molecule has 0 spiro atoms. The minimum atomic E-state index is 0.523. The van der Waals surface area contributed by atoms with Crippen LogP contribution in [0.1, 0.15) is 24.1 Å². The third kappa shape index (κ3) is 2.06. The van der Waals surface area contributed by atoms with Crippen LogP contribution in [0.5, 0.6) is 0 Å². The molecule has 0 bridgehead atoms. The molecular weight excluding hydrogens is 184 g/mol. The van der Waals surface area contributed by atoms with E-state index in [0.717, 1.165) is 13.1 Å². The minimum absolute atomic E-state index is 0.523. The predicted molar refractivity (Wildman–Crippen MR) is 64.0 cm³/mol. The lowest BCUT2D eigenvalue weighted by Gasteiger charge is -2.39. The van der Waals surface area contributed by atoms with E-state index in [0.29, 0.717) is 12.1 Å². The van der Waals surface area contributed by atoms with E-state index in [4.69, 9.17) is 0 Å². The van der Waals surface area contributed by atoms with Gasteiger partial charge in [0.15, 0.2) is 0 Å². The van der Waals surface area contributed by atoms with Crippen LogP contribution in [0.15, 0.2) is 24.3 Å². The lowest BCUT2D eigenvalue weighted by Crippen LogP contribution is -2.49. The molecule has 2 atom stereocenters. The Hall–Kier alpha value is -0.860. The molecule has 1 fully saturated rings. The maximum absolute atomic E-state index is 3.50. The fraction of sp³-hybridized carbons (Fsp3) is 0.538. The Balaban J connectivity index is 2.26. The molecule has 2 unspecified atom stereocenters. The van der Waals surface area contributed by atoms with Gasteiger partial charge >= 0.3 is 0 Å². The van der Waals surface area contributed by atoms with Gasteiger partial charge in [0.2, 0.25) is 0 Å². The fourth-order valence-corrected chi connectivity index (χ4v) is 2.31. The molecular formula is C13H20N2. The Labute approximate surface area is 92.3 Å². The molecule has 1 aliphatic heterocycles. The third-order valence-corrected chi connectivity index (χ3v) is 3.51. The van der Waals surface area contributed by atoms with Gasteiger partial charge in [-0.05, 0) is 32.0 Å². The van der Waals surface area contributed by atoms with Crippen molar-refractivity contribution in [2.45, 2.75) is 25.9 Å². The van der Waals surface area contributed by atoms with Gasteiger partial charge in [0.25, 0.3) is 0 Å². The van der Waals surface area contributed by atoms with Gasteiger partial charge in [0.05, 0.1) is 0 Å². The first-order valence-corrected chi connectivity index (χ1v) is 5.68. The van der Waals surface area contributed by atoms with Gasteiger partial charge in [-0.25, -0.2) is 0 Å². The van der Waals surface area contributed by atoms with Crippen LogP contribution < -0.4 is 5.32 Å². The van der Waals surface area contributed by atoms with Crippen LogP contribution in [0.4, 0.5) is 0 Å². The third-order valence-electron chi connectivity index (χ3n) is 3.51. The largest absolute Gasteiger partial charge is 0.313 e. The zero-order valence-corrected chi connectivity index (χ0v) is 9.83. The average Bonchev–Trinajstić information content (AvgIpc) is 2.23. The van der Waals surface area contributed by atoms with E-state index in [2.05, 4.69) is 55.4 Å². The molecule has 2 heteroatoms. The van der Waals surface area contributed by atoms with Crippen molar-refractivity contribution >= 4 is 0 Å². The molecule has 0 aromatic heterocycles. The number of benzene rings is 1. The summed E-state index contributed by atoms with van der Waals surface area (Å²) >= 11 is 0. The molecule has 0 aliphatic carbocycles. The summed E-state index contributed by atoms with van der Waals surface area (Å²) < 4.78 is 0. The highest BCUT2D eigenvalue weighted by molar-refractivity contribution is 5.29. The Morgan fingerprint density at radius 3 is 2.73 bits per heavy atom. The zero-order valence-electron chi connectivity index (χ0n) is 9.83. The molecule has 1 N–H and O–H groups in total. The van der Waals surface area contributed by atoms with E-state index < -0.39 is 0 Å². The second-order valence-electron chi connectivity index (χ2n) is 4.55. The van der Waals surface area contributed by atoms with Crippen LogP contribution in [0, 0.1) is 6.92 Å². The van der Waals surface area contributed by atoms with E-state index in [1.54, 1.807) is 0 Å². The van der Waals surface area contributed by atoms with Crippen molar-refractivity contribution in [3.8, 4) is 0 Å². The van der Waals surface area contributed by atoms with Crippen molar-refractivity contribution in [2.75, 3.05) is 20.1 Å². The van der Waals surface area contributed by atoms with Crippen LogP contribution >= 0.6 is 0 Å². The SMILES string of the molecule is Cc1ccccc1C1CNCC(C)N1C. The van der Waals surface area contributed by atoms with Crippen molar-refractivity contribution in [1.29, 1.82) is 0 Å². The van der Waals surface area contributed by atoms with Crippen molar-refractivity contribution in [3.05, 3.63) is 35.4 Å². The number of piperazine rings is 1. The minimum Gasteiger partial charge on any atom is -0.313 e. The molecule has 2 nitrogen and oxygen atoms in total. The lowest BCUT2D eigenvalue weighted by atomic mass is 9.97. The van der Waals surface area contributed by atoms with E-state index in [1.807, 2.05) is 0 Å². The Kier molecular flexibility index (Phi) is 3.08. The Morgan fingerprint density at radius 2 is 2.00 bits per heavy atom. The number of hydrogen-bond donors (Lipinski definition) is 1. The normalized spacial score (nSPS) is 27.9. The molecule has 82 valence electrons. The molecule has 1 saturated heterocycles. The summed E-state index contributed by atoms with van der Waals surface area (Å²) in [5, 5.41) is 3.50. The van der Waals surface area contributed by atoms with E-state index in [-0.39, 0.29) is 0 Å². The lowest BCUT2D eigenvalue weighted by molar-refractivity contribution is 0.141. The van der Waals surface area contributed by atoms with Crippen LogP contribution in [0.3, 0.4) is 0 Å². The van der Waals surface area contributed by atoms with E-state index in [1.165, 1.54) is 11.1 Å². The van der Waals surface area contributed by atoms with Crippen molar-refractivity contribution in [2.24, 2.45) is 0 Å². The summed E-state index contributed by atoms with van der Waals surface area (Å²) in [6, 6.07) is 9.82. The maximum Gasteiger partial charge on any atom is 0.0475 e. The first-order valence-electron chi connectivity index (χ1n) is 5.68. The Morgan fingerprint density at radius 1 is 1.27 bits per heavy atom. The summed E-state index contributed by atoms with van der Waals surface area (Å²) in [7, 11) is 2.22. The van der Waals surface area contributed by atoms with Gasteiger partial charge in [-0.2, -0.15) is 0 Å². The number of likely N-dealkylation sites (N-methyl/N-ethyl adjacent to an activating group) is 1. The van der Waals surface area contributed by atoms with Gasteiger partial charge in [0.1, 0.15) is 0 Å². The summed E-state index contributed by atoms with van der Waals surface area (Å²) in [5.41, 5.74) is 2.85. The zero-order chi connectivity index (χ0) is 10.8. The van der Waals surface area contributed by atoms with Gasteiger partial charge in [-0.1, -0.05) is 24.3 Å². The fourth-order valence-electron chi connectivity index (χ4n) is 2.31. The summed E-state index contributed by atoms with van der Waals surface area (Å²) in [6.07, 6.45) is 0. The molecule has 2 rings (SSSR count). The van der Waals surface area contributed by atoms with Gasteiger partial charge in [-0.3, -0.25) is 4.90 Å². The van der Waals surface area contributed by atoms with Crippen LogP contribution in [0.25, 0.3) is 0 Å². The smallest absolute Gasteiger partial charge is 0.0475 e. The highest BCUT2D eigenvalue weighted by Gasteiger charge is 2.26. The summed E-state index contributed by atoms with van der Waals surface area (Å²) in [6.45, 7) is 6.63. The number of hydrogen-bond acceptors (Lipinski definition) is 2. The highest BCUT2D eigenvalue weighted by Crippen LogP contribution is 2.25. The van der Waals surface area contributed by atoms with Crippen LogP contribution in [-0.4, -0.2) is 31.1 Å². The van der Waals surface area contributed by atoms with Crippen molar-refractivity contribution < 1.29 is 0 Å².